The lowest BCUT2D eigenvalue weighted by Gasteiger charge is -2.15. The summed E-state index contributed by atoms with van der Waals surface area (Å²) in [7, 11) is 0. The van der Waals surface area contributed by atoms with Crippen molar-refractivity contribution in [3.63, 3.8) is 0 Å². The second-order valence-corrected chi connectivity index (χ2v) is 12.2. The molecule has 7 aromatic carbocycles. The highest BCUT2D eigenvalue weighted by Crippen LogP contribution is 2.41. The maximum atomic E-state index is 5.42. The smallest absolute Gasteiger partial charge is 0.0730 e. The molecule has 1 heterocycles. The molecule has 1 aromatic heterocycles. The molecule has 0 bridgehead atoms. The van der Waals surface area contributed by atoms with E-state index in [9.17, 15) is 0 Å². The molecule has 44 heavy (non-hydrogen) atoms. The van der Waals surface area contributed by atoms with Crippen molar-refractivity contribution in [2.24, 2.45) is 4.99 Å². The first-order valence-corrected chi connectivity index (χ1v) is 15.8. The van der Waals surface area contributed by atoms with Crippen LogP contribution in [0.3, 0.4) is 0 Å². The molecule has 0 aliphatic rings. The minimum atomic E-state index is 0.605. The van der Waals surface area contributed by atoms with Gasteiger partial charge in [-0.2, -0.15) is 0 Å². The van der Waals surface area contributed by atoms with Crippen molar-refractivity contribution in [2.45, 2.75) is 6.54 Å². The van der Waals surface area contributed by atoms with Gasteiger partial charge in [0, 0.05) is 31.3 Å². The van der Waals surface area contributed by atoms with Gasteiger partial charge >= 0.3 is 0 Å². The molecule has 0 aliphatic carbocycles. The Labute approximate surface area is 261 Å². The summed E-state index contributed by atoms with van der Waals surface area (Å²) in [5.41, 5.74) is 9.26. The fourth-order valence-corrected chi connectivity index (χ4v) is 7.46. The van der Waals surface area contributed by atoms with Gasteiger partial charge in [0.05, 0.1) is 12.3 Å². The molecule has 0 N–H and O–H groups in total. The van der Waals surface area contributed by atoms with Crippen LogP contribution in [0.1, 0.15) is 16.7 Å². The lowest BCUT2D eigenvalue weighted by atomic mass is 9.91. The lowest BCUT2D eigenvalue weighted by Crippen LogP contribution is -2.06. The van der Waals surface area contributed by atoms with Gasteiger partial charge < -0.3 is 0 Å². The molecular weight excluding hydrogens is 551 g/mol. The van der Waals surface area contributed by atoms with Gasteiger partial charge in [-0.05, 0) is 62.9 Å². The van der Waals surface area contributed by atoms with Crippen LogP contribution in [0.5, 0.6) is 0 Å². The summed E-state index contributed by atoms with van der Waals surface area (Å²) in [4.78, 5) is 5.42. The number of hydrogen-bond acceptors (Lipinski definition) is 2. The van der Waals surface area contributed by atoms with E-state index in [1.807, 2.05) is 11.3 Å². The zero-order chi connectivity index (χ0) is 29.3. The first-order valence-electron chi connectivity index (χ1n) is 15.0. The van der Waals surface area contributed by atoms with Crippen LogP contribution in [-0.2, 0) is 6.54 Å². The van der Waals surface area contributed by atoms with Crippen LogP contribution in [0, 0.1) is 0 Å². The fourth-order valence-electron chi connectivity index (χ4n) is 6.20. The third kappa shape index (κ3) is 4.90. The molecule has 0 fully saturated rings. The summed E-state index contributed by atoms with van der Waals surface area (Å²) < 4.78 is 2.61. The van der Waals surface area contributed by atoms with E-state index < -0.39 is 0 Å². The summed E-state index contributed by atoms with van der Waals surface area (Å²) in [5, 5.41) is 5.14. The monoisotopic (exact) mass is 579 g/mol. The Bertz CT molecular complexity index is 2220. The van der Waals surface area contributed by atoms with E-state index in [-0.39, 0.29) is 0 Å². The minimum Gasteiger partial charge on any atom is -0.279 e. The fraction of sp³-hybridized carbons (Fsp3) is 0.0238. The number of hydrogen-bond donors (Lipinski definition) is 0. The Kier molecular flexibility index (Phi) is 6.83. The molecule has 0 saturated heterocycles. The summed E-state index contributed by atoms with van der Waals surface area (Å²) >= 11 is 1.88. The Morgan fingerprint density at radius 3 is 1.84 bits per heavy atom. The van der Waals surface area contributed by atoms with E-state index >= 15 is 0 Å². The molecule has 0 atom stereocenters. The number of nitrogens with zero attached hydrogens (tertiary/aromatic N) is 1. The van der Waals surface area contributed by atoms with Crippen molar-refractivity contribution >= 4 is 48.0 Å². The largest absolute Gasteiger partial charge is 0.279 e. The van der Waals surface area contributed by atoms with E-state index in [4.69, 9.17) is 4.99 Å². The molecule has 0 saturated carbocycles. The number of aliphatic imine (C=N–C) groups is 1. The van der Waals surface area contributed by atoms with Crippen molar-refractivity contribution < 1.29 is 0 Å². The minimum absolute atomic E-state index is 0.605. The van der Waals surface area contributed by atoms with E-state index in [0.29, 0.717) is 6.54 Å². The first-order chi connectivity index (χ1) is 21.8. The number of fused-ring (bicyclic) bond motifs is 5. The average Bonchev–Trinajstić information content (AvgIpc) is 3.49. The van der Waals surface area contributed by atoms with Gasteiger partial charge in [-0.15, -0.1) is 11.3 Å². The predicted molar refractivity (Wildman–Crippen MR) is 190 cm³/mol. The van der Waals surface area contributed by atoms with Crippen LogP contribution in [0.4, 0.5) is 0 Å². The zero-order valence-electron chi connectivity index (χ0n) is 24.2. The standard InChI is InChI=1S/C42H29NS/c1-4-13-29(14-5-1)28-43-41(35-26-33(30-15-6-2-7-16-30)25-34(27-35)31-17-8-3-9-18-31)37-21-12-22-39-40(37)38-24-23-32-19-10-11-20-36(32)42(38)44-39/h1-27H,28H2/b43-41-. The van der Waals surface area contributed by atoms with Gasteiger partial charge in [0.2, 0.25) is 0 Å². The number of thiophene rings is 1. The van der Waals surface area contributed by atoms with E-state index in [0.717, 1.165) is 11.3 Å². The second kappa shape index (κ2) is 11.4. The Hall–Kier alpha value is -5.31. The van der Waals surface area contributed by atoms with Crippen LogP contribution in [0.25, 0.3) is 53.2 Å². The van der Waals surface area contributed by atoms with Crippen LogP contribution in [0.2, 0.25) is 0 Å². The number of rotatable bonds is 6. The first kappa shape index (κ1) is 26.3. The summed E-state index contributed by atoms with van der Waals surface area (Å²) in [6.45, 7) is 0.605. The molecule has 0 radical (unpaired) electrons. The number of benzene rings is 7. The molecule has 2 heteroatoms. The average molecular weight is 580 g/mol. The maximum absolute atomic E-state index is 5.42. The SMILES string of the molecule is c1ccc(C/N=C(/c2cc(-c3ccccc3)cc(-c3ccccc3)c2)c2cccc3sc4c5ccccc5ccc4c23)cc1. The van der Waals surface area contributed by atoms with Crippen molar-refractivity contribution in [1.82, 2.24) is 0 Å². The van der Waals surface area contributed by atoms with Gasteiger partial charge in [0.15, 0.2) is 0 Å². The Morgan fingerprint density at radius 1 is 0.500 bits per heavy atom. The molecule has 0 unspecified atom stereocenters. The quantitative estimate of drug-likeness (QED) is 0.174. The van der Waals surface area contributed by atoms with Gasteiger partial charge in [-0.3, -0.25) is 4.99 Å². The maximum Gasteiger partial charge on any atom is 0.0730 e. The van der Waals surface area contributed by atoms with Crippen molar-refractivity contribution in [3.8, 4) is 22.3 Å². The highest BCUT2D eigenvalue weighted by molar-refractivity contribution is 7.26. The molecule has 0 spiro atoms. The molecule has 0 amide bonds. The normalized spacial score (nSPS) is 11.9. The van der Waals surface area contributed by atoms with Crippen molar-refractivity contribution in [2.75, 3.05) is 0 Å². The van der Waals surface area contributed by atoms with Gasteiger partial charge in [-0.25, -0.2) is 0 Å². The topological polar surface area (TPSA) is 12.4 Å². The van der Waals surface area contributed by atoms with E-state index in [1.165, 1.54) is 64.3 Å². The third-order valence-corrected chi connectivity index (χ3v) is 9.53. The molecule has 208 valence electrons. The molecule has 8 rings (SSSR count). The molecular formula is C42H29NS. The summed E-state index contributed by atoms with van der Waals surface area (Å²) in [5.74, 6) is 0. The molecule has 1 nitrogen and oxygen atoms in total. The van der Waals surface area contributed by atoms with Crippen molar-refractivity contribution in [3.05, 3.63) is 180 Å². The Morgan fingerprint density at radius 2 is 1.14 bits per heavy atom. The Balaban J connectivity index is 1.41. The van der Waals surface area contributed by atoms with Crippen molar-refractivity contribution in [1.29, 1.82) is 0 Å². The van der Waals surface area contributed by atoms with Gasteiger partial charge in [0.1, 0.15) is 0 Å². The highest BCUT2D eigenvalue weighted by atomic mass is 32.1. The molecule has 0 aliphatic heterocycles. The van der Waals surface area contributed by atoms with Crippen LogP contribution < -0.4 is 0 Å². The second-order valence-electron chi connectivity index (χ2n) is 11.1. The molecule has 8 aromatic rings. The van der Waals surface area contributed by atoms with Gasteiger partial charge in [-0.1, -0.05) is 140 Å². The predicted octanol–water partition coefficient (Wildman–Crippen LogP) is 11.6. The zero-order valence-corrected chi connectivity index (χ0v) is 25.0. The van der Waals surface area contributed by atoms with E-state index in [2.05, 4.69) is 164 Å². The van der Waals surface area contributed by atoms with Crippen LogP contribution in [0.15, 0.2) is 169 Å². The highest BCUT2D eigenvalue weighted by Gasteiger charge is 2.18. The van der Waals surface area contributed by atoms with Crippen LogP contribution >= 0.6 is 11.3 Å². The van der Waals surface area contributed by atoms with Crippen LogP contribution in [-0.4, -0.2) is 5.71 Å². The summed E-state index contributed by atoms with van der Waals surface area (Å²) in [6, 6.07) is 58.8. The van der Waals surface area contributed by atoms with Gasteiger partial charge in [0.25, 0.3) is 0 Å². The summed E-state index contributed by atoms with van der Waals surface area (Å²) in [6.07, 6.45) is 0. The lowest BCUT2D eigenvalue weighted by molar-refractivity contribution is 1.07. The third-order valence-electron chi connectivity index (χ3n) is 8.33. The van der Waals surface area contributed by atoms with E-state index in [1.54, 1.807) is 0 Å².